The van der Waals surface area contributed by atoms with Gasteiger partial charge in [0.1, 0.15) is 24.2 Å². The van der Waals surface area contributed by atoms with E-state index >= 15 is 0 Å². The number of carbonyl (C=O) groups is 2. The Kier molecular flexibility index (Phi) is 8.45. The van der Waals surface area contributed by atoms with Crippen molar-refractivity contribution in [3.05, 3.63) is 58.9 Å². The summed E-state index contributed by atoms with van der Waals surface area (Å²) in [5.74, 6) is -1.56. The lowest BCUT2D eigenvalue weighted by Crippen LogP contribution is -2.50. The van der Waals surface area contributed by atoms with Crippen molar-refractivity contribution < 1.29 is 27.1 Å². The number of methoxy groups -OCH3 is 1. The van der Waals surface area contributed by atoms with Crippen molar-refractivity contribution >= 4 is 39.1 Å². The van der Waals surface area contributed by atoms with E-state index in [0.29, 0.717) is 0 Å². The first kappa shape index (κ1) is 25.4. The van der Waals surface area contributed by atoms with E-state index in [0.717, 1.165) is 15.5 Å². The van der Waals surface area contributed by atoms with E-state index in [-0.39, 0.29) is 28.6 Å². The Hall–Kier alpha value is -2.85. The SMILES string of the molecule is CNC(=O)C(C)N(Cc1ccccc1F)C(=O)CN(c1cc(Cl)ccc1OC)S(C)(=O)=O. The fourth-order valence-corrected chi connectivity index (χ4v) is 4.07. The van der Waals surface area contributed by atoms with E-state index < -0.39 is 40.2 Å². The zero-order chi connectivity index (χ0) is 24.1. The van der Waals surface area contributed by atoms with Crippen molar-refractivity contribution in [1.82, 2.24) is 10.2 Å². The van der Waals surface area contributed by atoms with Crippen LogP contribution in [0.4, 0.5) is 10.1 Å². The van der Waals surface area contributed by atoms with Crippen molar-refractivity contribution in [2.45, 2.75) is 19.5 Å². The Morgan fingerprint density at radius 2 is 1.88 bits per heavy atom. The van der Waals surface area contributed by atoms with Gasteiger partial charge >= 0.3 is 0 Å². The summed E-state index contributed by atoms with van der Waals surface area (Å²) >= 11 is 6.04. The van der Waals surface area contributed by atoms with E-state index in [1.54, 1.807) is 6.07 Å². The van der Waals surface area contributed by atoms with Crippen molar-refractivity contribution in [2.24, 2.45) is 0 Å². The molecule has 0 aliphatic heterocycles. The van der Waals surface area contributed by atoms with Crippen LogP contribution in [0.2, 0.25) is 5.02 Å². The molecule has 0 aliphatic carbocycles. The van der Waals surface area contributed by atoms with E-state index in [4.69, 9.17) is 16.3 Å². The maximum atomic E-state index is 14.2. The third-order valence-electron chi connectivity index (χ3n) is 4.80. The minimum atomic E-state index is -3.96. The van der Waals surface area contributed by atoms with Crippen LogP contribution >= 0.6 is 11.6 Å². The first-order chi connectivity index (χ1) is 15.0. The molecule has 2 rings (SSSR count). The van der Waals surface area contributed by atoms with Gasteiger partial charge in [-0.25, -0.2) is 12.8 Å². The summed E-state index contributed by atoms with van der Waals surface area (Å²) in [5.41, 5.74) is 0.247. The average Bonchev–Trinajstić information content (AvgIpc) is 2.74. The molecule has 0 saturated heterocycles. The lowest BCUT2D eigenvalue weighted by molar-refractivity contribution is -0.139. The predicted molar refractivity (Wildman–Crippen MR) is 121 cm³/mol. The normalized spacial score (nSPS) is 12.1. The molecule has 1 unspecified atom stereocenters. The second-order valence-electron chi connectivity index (χ2n) is 6.99. The molecule has 0 heterocycles. The summed E-state index contributed by atoms with van der Waals surface area (Å²) in [6.07, 6.45) is 0.935. The Labute approximate surface area is 192 Å². The highest BCUT2D eigenvalue weighted by Gasteiger charge is 2.31. The average molecular weight is 486 g/mol. The molecule has 0 aliphatic rings. The number of hydrogen-bond donors (Lipinski definition) is 1. The van der Waals surface area contributed by atoms with Gasteiger partial charge in [0.15, 0.2) is 0 Å². The van der Waals surface area contributed by atoms with Gasteiger partial charge in [0, 0.05) is 24.2 Å². The van der Waals surface area contributed by atoms with Crippen LogP contribution in [0.15, 0.2) is 42.5 Å². The number of carbonyl (C=O) groups excluding carboxylic acids is 2. The molecular weight excluding hydrogens is 461 g/mol. The number of anilines is 1. The lowest BCUT2D eigenvalue weighted by Gasteiger charge is -2.31. The number of nitrogens with one attached hydrogen (secondary N) is 1. The van der Waals surface area contributed by atoms with Crippen LogP contribution < -0.4 is 14.4 Å². The molecule has 32 heavy (non-hydrogen) atoms. The number of nitrogens with zero attached hydrogens (tertiary/aromatic N) is 2. The standard InChI is InChI=1S/C21H25ClFN3O5S/c1-14(21(28)24-2)25(12-15-7-5-6-8-17(15)23)20(27)13-26(32(4,29)30)18-11-16(22)9-10-19(18)31-3/h5-11,14H,12-13H2,1-4H3,(H,24,28). The molecule has 1 N–H and O–H groups in total. The summed E-state index contributed by atoms with van der Waals surface area (Å²) < 4.78 is 45.4. The number of likely N-dealkylation sites (N-methyl/N-ethyl adjacent to an activating group) is 1. The molecule has 8 nitrogen and oxygen atoms in total. The fourth-order valence-electron chi connectivity index (χ4n) is 3.05. The van der Waals surface area contributed by atoms with Crippen LogP contribution in [-0.4, -0.2) is 58.1 Å². The number of ether oxygens (including phenoxy) is 1. The number of amides is 2. The molecule has 11 heteroatoms. The molecule has 2 aromatic carbocycles. The maximum absolute atomic E-state index is 14.2. The fraction of sp³-hybridized carbons (Fsp3) is 0.333. The molecule has 0 fully saturated rings. The lowest BCUT2D eigenvalue weighted by atomic mass is 10.1. The van der Waals surface area contributed by atoms with Gasteiger partial charge < -0.3 is 15.0 Å². The molecule has 2 amide bonds. The van der Waals surface area contributed by atoms with Crippen LogP contribution in [0.5, 0.6) is 5.75 Å². The van der Waals surface area contributed by atoms with Gasteiger partial charge in [-0.15, -0.1) is 0 Å². The zero-order valence-electron chi connectivity index (χ0n) is 18.1. The van der Waals surface area contributed by atoms with Gasteiger partial charge in [0.05, 0.1) is 19.1 Å². The molecule has 0 spiro atoms. The number of benzene rings is 2. The molecule has 0 bridgehead atoms. The maximum Gasteiger partial charge on any atom is 0.244 e. The van der Waals surface area contributed by atoms with Gasteiger partial charge in [-0.05, 0) is 31.2 Å². The van der Waals surface area contributed by atoms with Crippen LogP contribution in [-0.2, 0) is 26.2 Å². The predicted octanol–water partition coefficient (Wildman–Crippen LogP) is 2.42. The second kappa shape index (κ2) is 10.6. The van der Waals surface area contributed by atoms with E-state index in [2.05, 4.69) is 5.32 Å². The van der Waals surface area contributed by atoms with Crippen molar-refractivity contribution in [3.8, 4) is 5.75 Å². The first-order valence-corrected chi connectivity index (χ1v) is 11.8. The van der Waals surface area contributed by atoms with Crippen LogP contribution in [0.1, 0.15) is 12.5 Å². The highest BCUT2D eigenvalue weighted by Crippen LogP contribution is 2.33. The van der Waals surface area contributed by atoms with Crippen molar-refractivity contribution in [2.75, 3.05) is 31.3 Å². The number of hydrogen-bond acceptors (Lipinski definition) is 5. The minimum Gasteiger partial charge on any atom is -0.495 e. The Bertz CT molecular complexity index is 1100. The smallest absolute Gasteiger partial charge is 0.244 e. The largest absolute Gasteiger partial charge is 0.495 e. The van der Waals surface area contributed by atoms with Gasteiger partial charge in [-0.3, -0.25) is 13.9 Å². The summed E-state index contributed by atoms with van der Waals surface area (Å²) in [6.45, 7) is 0.595. The van der Waals surface area contributed by atoms with Crippen molar-refractivity contribution in [3.63, 3.8) is 0 Å². The number of sulfonamides is 1. The second-order valence-corrected chi connectivity index (χ2v) is 9.33. The monoisotopic (exact) mass is 485 g/mol. The topological polar surface area (TPSA) is 96.0 Å². The minimum absolute atomic E-state index is 0.0642. The highest BCUT2D eigenvalue weighted by atomic mass is 35.5. The van der Waals surface area contributed by atoms with E-state index in [1.807, 2.05) is 0 Å². The Morgan fingerprint density at radius 3 is 2.44 bits per heavy atom. The van der Waals surface area contributed by atoms with E-state index in [1.165, 1.54) is 57.5 Å². The summed E-state index contributed by atoms with van der Waals surface area (Å²) in [6, 6.07) is 9.19. The molecular formula is C21H25ClFN3O5S. The van der Waals surface area contributed by atoms with Gasteiger partial charge in [-0.2, -0.15) is 0 Å². The summed E-state index contributed by atoms with van der Waals surface area (Å²) in [5, 5.41) is 2.69. The molecule has 2 aromatic rings. The third kappa shape index (κ3) is 6.10. The third-order valence-corrected chi connectivity index (χ3v) is 6.16. The molecule has 174 valence electrons. The summed E-state index contributed by atoms with van der Waals surface area (Å²) in [7, 11) is -1.19. The molecule has 0 radical (unpaired) electrons. The van der Waals surface area contributed by atoms with Crippen molar-refractivity contribution in [1.29, 1.82) is 0 Å². The zero-order valence-corrected chi connectivity index (χ0v) is 19.7. The number of rotatable bonds is 9. The quantitative estimate of drug-likeness (QED) is 0.588. The first-order valence-electron chi connectivity index (χ1n) is 9.55. The van der Waals surface area contributed by atoms with Gasteiger partial charge in [0.2, 0.25) is 21.8 Å². The van der Waals surface area contributed by atoms with Gasteiger partial charge in [0.25, 0.3) is 0 Å². The van der Waals surface area contributed by atoms with E-state index in [9.17, 15) is 22.4 Å². The molecule has 0 saturated carbocycles. The highest BCUT2D eigenvalue weighted by molar-refractivity contribution is 7.92. The summed E-state index contributed by atoms with van der Waals surface area (Å²) in [4.78, 5) is 26.7. The Balaban J connectivity index is 2.47. The Morgan fingerprint density at radius 1 is 1.22 bits per heavy atom. The molecule has 1 atom stereocenters. The van der Waals surface area contributed by atoms with Crippen LogP contribution in [0.25, 0.3) is 0 Å². The molecule has 0 aromatic heterocycles. The van der Waals surface area contributed by atoms with Gasteiger partial charge in [-0.1, -0.05) is 29.8 Å². The van der Waals surface area contributed by atoms with Crippen LogP contribution in [0.3, 0.4) is 0 Å². The number of halogens is 2. The van der Waals surface area contributed by atoms with Crippen LogP contribution in [0, 0.1) is 5.82 Å².